The van der Waals surface area contributed by atoms with E-state index in [0.717, 1.165) is 5.56 Å². The van der Waals surface area contributed by atoms with E-state index >= 15 is 0 Å². The molecule has 2 aromatic carbocycles. The Morgan fingerprint density at radius 3 is 2.43 bits per heavy atom. The first kappa shape index (κ1) is 17.0. The molecule has 0 unspecified atom stereocenters. The highest BCUT2D eigenvalue weighted by Crippen LogP contribution is 2.22. The van der Waals surface area contributed by atoms with Crippen LogP contribution in [0.3, 0.4) is 0 Å². The summed E-state index contributed by atoms with van der Waals surface area (Å²) in [4.78, 5) is 23.5. The van der Waals surface area contributed by atoms with E-state index in [1.807, 2.05) is 0 Å². The van der Waals surface area contributed by atoms with Crippen molar-refractivity contribution in [2.45, 2.75) is 6.92 Å². The summed E-state index contributed by atoms with van der Waals surface area (Å²) in [5.74, 6) is -1.71. The number of hydrazone groups is 1. The third kappa shape index (κ3) is 4.81. The van der Waals surface area contributed by atoms with Crippen molar-refractivity contribution in [2.24, 2.45) is 5.10 Å². The van der Waals surface area contributed by atoms with Crippen LogP contribution in [0.5, 0.6) is 0 Å². The molecule has 0 saturated heterocycles. The van der Waals surface area contributed by atoms with Gasteiger partial charge < -0.3 is 5.32 Å². The van der Waals surface area contributed by atoms with Crippen molar-refractivity contribution < 1.29 is 9.59 Å². The number of amides is 2. The van der Waals surface area contributed by atoms with Gasteiger partial charge in [0.1, 0.15) is 0 Å². The molecule has 0 aliphatic heterocycles. The maximum Gasteiger partial charge on any atom is 0.329 e. The van der Waals surface area contributed by atoms with Crippen LogP contribution in [0.4, 0.5) is 5.69 Å². The molecular weight excluding hydrogens is 337 g/mol. The number of hydrogen-bond acceptors (Lipinski definition) is 3. The van der Waals surface area contributed by atoms with Crippen LogP contribution in [0.15, 0.2) is 47.6 Å². The van der Waals surface area contributed by atoms with Gasteiger partial charge in [0.15, 0.2) is 0 Å². The van der Waals surface area contributed by atoms with Gasteiger partial charge >= 0.3 is 11.8 Å². The van der Waals surface area contributed by atoms with Crippen molar-refractivity contribution in [2.75, 3.05) is 5.32 Å². The Kier molecular flexibility index (Phi) is 5.73. The first-order valence-electron chi connectivity index (χ1n) is 6.62. The number of nitrogens with one attached hydrogen (secondary N) is 2. The first-order chi connectivity index (χ1) is 11.0. The first-order valence-corrected chi connectivity index (χ1v) is 7.38. The predicted octanol–water partition coefficient (Wildman–Crippen LogP) is 3.39. The standard InChI is InChI=1S/C16H13Cl2N3O2/c1-10-13(18)3-2-4-14(10)20-15(22)16(23)21-19-9-11-5-7-12(17)8-6-11/h2-9H,1H3,(H,20,22)(H,21,23)/b19-9+. The lowest BCUT2D eigenvalue weighted by Crippen LogP contribution is -2.32. The largest absolute Gasteiger partial charge is 0.329 e. The Hall–Kier alpha value is -2.37. The van der Waals surface area contributed by atoms with Gasteiger partial charge in [-0.3, -0.25) is 9.59 Å². The van der Waals surface area contributed by atoms with E-state index in [1.165, 1.54) is 6.21 Å². The lowest BCUT2D eigenvalue weighted by molar-refractivity contribution is -0.136. The van der Waals surface area contributed by atoms with Crippen LogP contribution in [0.25, 0.3) is 0 Å². The van der Waals surface area contributed by atoms with Gasteiger partial charge in [-0.15, -0.1) is 0 Å². The van der Waals surface area contributed by atoms with Crippen molar-refractivity contribution in [1.82, 2.24) is 5.43 Å². The normalized spacial score (nSPS) is 10.6. The highest BCUT2D eigenvalue weighted by Gasteiger charge is 2.14. The molecule has 0 aromatic heterocycles. The summed E-state index contributed by atoms with van der Waals surface area (Å²) >= 11 is 11.7. The number of carbonyl (C=O) groups excluding carboxylic acids is 2. The van der Waals surface area contributed by atoms with Gasteiger partial charge in [-0.25, -0.2) is 5.43 Å². The maximum absolute atomic E-state index is 11.8. The number of rotatable bonds is 3. The number of benzene rings is 2. The zero-order chi connectivity index (χ0) is 16.8. The zero-order valence-corrected chi connectivity index (χ0v) is 13.7. The Morgan fingerprint density at radius 1 is 1.04 bits per heavy atom. The molecule has 0 aliphatic rings. The van der Waals surface area contributed by atoms with Gasteiger partial charge in [-0.2, -0.15) is 5.10 Å². The molecule has 0 radical (unpaired) electrons. The minimum Gasteiger partial charge on any atom is -0.317 e. The topological polar surface area (TPSA) is 70.6 Å². The van der Waals surface area contributed by atoms with E-state index in [0.29, 0.717) is 21.3 Å². The Morgan fingerprint density at radius 2 is 1.74 bits per heavy atom. The van der Waals surface area contributed by atoms with Crippen LogP contribution >= 0.6 is 23.2 Å². The second kappa shape index (κ2) is 7.76. The van der Waals surface area contributed by atoms with Crippen molar-refractivity contribution in [3.63, 3.8) is 0 Å². The minimum absolute atomic E-state index is 0.472. The highest BCUT2D eigenvalue weighted by atomic mass is 35.5. The predicted molar refractivity (Wildman–Crippen MR) is 92.0 cm³/mol. The second-order valence-corrected chi connectivity index (χ2v) is 5.46. The van der Waals surface area contributed by atoms with Gasteiger partial charge in [0, 0.05) is 15.7 Å². The Labute approximate surface area is 143 Å². The van der Waals surface area contributed by atoms with Crippen molar-refractivity contribution >= 4 is 46.9 Å². The van der Waals surface area contributed by atoms with Gasteiger partial charge in [0.05, 0.1) is 6.21 Å². The monoisotopic (exact) mass is 349 g/mol. The quantitative estimate of drug-likeness (QED) is 0.506. The van der Waals surface area contributed by atoms with Crippen molar-refractivity contribution in [3.8, 4) is 0 Å². The smallest absolute Gasteiger partial charge is 0.317 e. The summed E-state index contributed by atoms with van der Waals surface area (Å²) < 4.78 is 0. The molecule has 0 aliphatic carbocycles. The molecule has 23 heavy (non-hydrogen) atoms. The van der Waals surface area contributed by atoms with E-state index in [9.17, 15) is 9.59 Å². The molecule has 2 N–H and O–H groups in total. The fraction of sp³-hybridized carbons (Fsp3) is 0.0625. The lowest BCUT2D eigenvalue weighted by atomic mass is 10.2. The molecule has 2 rings (SSSR count). The zero-order valence-electron chi connectivity index (χ0n) is 12.1. The van der Waals surface area contributed by atoms with Gasteiger partial charge in [0.2, 0.25) is 0 Å². The molecule has 118 valence electrons. The Bertz CT molecular complexity index is 758. The third-order valence-corrected chi connectivity index (χ3v) is 3.63. The van der Waals surface area contributed by atoms with Gasteiger partial charge in [0.25, 0.3) is 0 Å². The van der Waals surface area contributed by atoms with Crippen LogP contribution in [0.1, 0.15) is 11.1 Å². The fourth-order valence-electron chi connectivity index (χ4n) is 1.69. The molecule has 0 heterocycles. The fourth-order valence-corrected chi connectivity index (χ4v) is 1.99. The molecule has 5 nitrogen and oxygen atoms in total. The minimum atomic E-state index is -0.880. The average Bonchev–Trinajstić information content (AvgIpc) is 2.53. The molecule has 0 atom stereocenters. The van der Waals surface area contributed by atoms with Gasteiger partial charge in [-0.05, 0) is 42.3 Å². The highest BCUT2D eigenvalue weighted by molar-refractivity contribution is 6.40. The van der Waals surface area contributed by atoms with E-state index in [1.54, 1.807) is 49.4 Å². The van der Waals surface area contributed by atoms with Gasteiger partial charge in [-0.1, -0.05) is 41.4 Å². The van der Waals surface area contributed by atoms with Crippen LogP contribution in [0.2, 0.25) is 10.0 Å². The van der Waals surface area contributed by atoms with Crippen LogP contribution in [-0.4, -0.2) is 18.0 Å². The second-order valence-electron chi connectivity index (χ2n) is 4.62. The molecule has 0 spiro atoms. The van der Waals surface area contributed by atoms with Crippen molar-refractivity contribution in [3.05, 3.63) is 63.6 Å². The molecule has 0 fully saturated rings. The summed E-state index contributed by atoms with van der Waals surface area (Å²) in [6, 6.07) is 11.9. The molecule has 0 bridgehead atoms. The molecular formula is C16H13Cl2N3O2. The SMILES string of the molecule is Cc1c(Cl)cccc1NC(=O)C(=O)N/N=C/c1ccc(Cl)cc1. The summed E-state index contributed by atoms with van der Waals surface area (Å²) in [6.45, 7) is 1.74. The number of hydrogen-bond donors (Lipinski definition) is 2. The summed E-state index contributed by atoms with van der Waals surface area (Å²) in [5, 5.41) is 7.30. The maximum atomic E-state index is 11.8. The van der Waals surface area contributed by atoms with E-state index < -0.39 is 11.8 Å². The molecule has 7 heteroatoms. The van der Waals surface area contributed by atoms with E-state index in [2.05, 4.69) is 15.8 Å². The molecule has 2 amide bonds. The van der Waals surface area contributed by atoms with Crippen LogP contribution < -0.4 is 10.7 Å². The molecule has 2 aromatic rings. The lowest BCUT2D eigenvalue weighted by Gasteiger charge is -2.08. The number of carbonyl (C=O) groups is 2. The Balaban J connectivity index is 1.94. The number of nitrogens with zero attached hydrogens (tertiary/aromatic N) is 1. The average molecular weight is 350 g/mol. The van der Waals surface area contributed by atoms with Crippen LogP contribution in [-0.2, 0) is 9.59 Å². The third-order valence-electron chi connectivity index (χ3n) is 2.97. The summed E-state index contributed by atoms with van der Waals surface area (Å²) in [7, 11) is 0. The number of halogens is 2. The van der Waals surface area contributed by atoms with Crippen molar-refractivity contribution in [1.29, 1.82) is 0 Å². The summed E-state index contributed by atoms with van der Waals surface area (Å²) in [5.41, 5.74) is 4.04. The summed E-state index contributed by atoms with van der Waals surface area (Å²) in [6.07, 6.45) is 1.41. The number of anilines is 1. The molecule has 0 saturated carbocycles. The van der Waals surface area contributed by atoms with Crippen LogP contribution in [0, 0.1) is 6.92 Å². The van der Waals surface area contributed by atoms with E-state index in [4.69, 9.17) is 23.2 Å². The van der Waals surface area contributed by atoms with E-state index in [-0.39, 0.29) is 0 Å².